The van der Waals surface area contributed by atoms with Crippen LogP contribution in [-0.4, -0.2) is 45.5 Å². The van der Waals surface area contributed by atoms with Crippen molar-refractivity contribution >= 4 is 35.3 Å². The highest BCUT2D eigenvalue weighted by Crippen LogP contribution is 2.18. The molecule has 1 unspecified atom stereocenters. The van der Waals surface area contributed by atoms with Gasteiger partial charge in [0.05, 0.1) is 12.8 Å². The molecule has 0 aromatic carbocycles. The van der Waals surface area contributed by atoms with Crippen LogP contribution in [0.15, 0.2) is 5.16 Å². The number of amides is 1. The van der Waals surface area contributed by atoms with Gasteiger partial charge < -0.3 is 0 Å². The van der Waals surface area contributed by atoms with E-state index in [9.17, 15) is 9.00 Å². The Labute approximate surface area is 159 Å². The van der Waals surface area contributed by atoms with Gasteiger partial charge in [0.15, 0.2) is 0 Å². The molecule has 25 heavy (non-hydrogen) atoms. The summed E-state index contributed by atoms with van der Waals surface area (Å²) in [5.74, 6) is 0. The molecule has 0 aromatic rings. The summed E-state index contributed by atoms with van der Waals surface area (Å²) in [5, 5.41) is 3.64. The van der Waals surface area contributed by atoms with Gasteiger partial charge in [0, 0.05) is 11.8 Å². The van der Waals surface area contributed by atoms with Gasteiger partial charge in [0.25, 0.3) is 11.3 Å². The third-order valence-corrected chi connectivity index (χ3v) is 5.81. The van der Waals surface area contributed by atoms with Gasteiger partial charge in [-0.2, -0.15) is 11.8 Å². The molecule has 148 valence electrons. The van der Waals surface area contributed by atoms with E-state index in [1.165, 1.54) is 45.4 Å². The molecule has 0 aliphatic carbocycles. The van der Waals surface area contributed by atoms with E-state index in [-0.39, 0.29) is 4.75 Å². The average Bonchev–Trinajstić information content (AvgIpc) is 2.59. The largest absolute Gasteiger partial charge is 0.449 e. The van der Waals surface area contributed by atoms with Crippen molar-refractivity contribution in [2.45, 2.75) is 76.9 Å². The number of hydrogen-bond donors (Lipinski definition) is 0. The van der Waals surface area contributed by atoms with E-state index in [4.69, 9.17) is 9.02 Å². The van der Waals surface area contributed by atoms with Crippen molar-refractivity contribution in [3.05, 3.63) is 0 Å². The molecule has 0 spiro atoms. The summed E-state index contributed by atoms with van der Waals surface area (Å²) in [5.41, 5.74) is 0. The first kappa shape index (κ1) is 24.4. The lowest BCUT2D eigenvalue weighted by Crippen LogP contribution is -2.30. The fourth-order valence-electron chi connectivity index (χ4n) is 1.81. The first-order chi connectivity index (χ1) is 11.8. The number of carbonyl (C=O) groups excluding carboxylic acids is 1. The summed E-state index contributed by atoms with van der Waals surface area (Å²) in [6, 6.07) is 0. The normalized spacial score (nSPS) is 13.2. The first-order valence-corrected chi connectivity index (χ1v) is 11.2. The van der Waals surface area contributed by atoms with Gasteiger partial charge in [-0.3, -0.25) is 9.02 Å². The zero-order valence-electron chi connectivity index (χ0n) is 16.3. The van der Waals surface area contributed by atoms with Gasteiger partial charge in [-0.05, 0) is 26.5 Å². The van der Waals surface area contributed by atoms with E-state index in [1.54, 1.807) is 11.8 Å². The van der Waals surface area contributed by atoms with E-state index in [0.717, 1.165) is 23.6 Å². The minimum atomic E-state index is -1.85. The molecule has 0 saturated heterocycles. The van der Waals surface area contributed by atoms with Gasteiger partial charge in [0.1, 0.15) is 0 Å². The van der Waals surface area contributed by atoms with Crippen molar-refractivity contribution in [2.75, 3.05) is 19.9 Å². The Hall–Kier alpha value is -0.600. The second-order valence-electron chi connectivity index (χ2n) is 6.41. The van der Waals surface area contributed by atoms with Gasteiger partial charge in [-0.1, -0.05) is 57.0 Å². The van der Waals surface area contributed by atoms with Gasteiger partial charge in [-0.15, -0.1) is 0 Å². The molecule has 8 heteroatoms. The lowest BCUT2D eigenvalue weighted by Gasteiger charge is -2.15. The van der Waals surface area contributed by atoms with Crippen molar-refractivity contribution in [1.29, 1.82) is 0 Å². The Morgan fingerprint density at radius 3 is 2.28 bits per heavy atom. The first-order valence-electron chi connectivity index (χ1n) is 8.93. The van der Waals surface area contributed by atoms with Crippen LogP contribution in [0.2, 0.25) is 0 Å². The number of nitrogens with zero attached hydrogens (tertiary/aromatic N) is 2. The maximum atomic E-state index is 11.9. The fourth-order valence-corrected chi connectivity index (χ4v) is 2.54. The Balaban J connectivity index is 3.82. The molecule has 0 rings (SSSR count). The SMILES string of the molecule is CCCCCCCCCCOS(=O)N(C)C(=O)O/N=C/C(C)(C)SC. The maximum Gasteiger partial charge on any atom is 0.449 e. The minimum absolute atomic E-state index is 0.231. The maximum absolute atomic E-state index is 11.9. The van der Waals surface area contributed by atoms with E-state index in [2.05, 4.69) is 12.1 Å². The number of unbranched alkanes of at least 4 members (excludes halogenated alkanes) is 7. The predicted octanol–water partition coefficient (Wildman–Crippen LogP) is 4.92. The van der Waals surface area contributed by atoms with Crippen molar-refractivity contribution in [1.82, 2.24) is 4.31 Å². The molecule has 1 amide bonds. The van der Waals surface area contributed by atoms with E-state index in [1.807, 2.05) is 20.1 Å². The number of thioether (sulfide) groups is 1. The molecule has 0 aliphatic rings. The summed E-state index contributed by atoms with van der Waals surface area (Å²) in [6.45, 7) is 6.47. The number of oxime groups is 1. The molecule has 0 N–H and O–H groups in total. The molecular weight excluding hydrogens is 360 g/mol. The van der Waals surface area contributed by atoms with Crippen LogP contribution >= 0.6 is 11.8 Å². The number of carbonyl (C=O) groups is 1. The third-order valence-electron chi connectivity index (χ3n) is 3.68. The highest BCUT2D eigenvalue weighted by Gasteiger charge is 2.19. The lowest BCUT2D eigenvalue weighted by atomic mass is 10.1. The second kappa shape index (κ2) is 14.6. The number of rotatable bonds is 14. The zero-order valence-corrected chi connectivity index (χ0v) is 17.9. The Morgan fingerprint density at radius 1 is 1.16 bits per heavy atom. The quantitative estimate of drug-likeness (QED) is 0.181. The van der Waals surface area contributed by atoms with Crippen molar-refractivity contribution in [3.8, 4) is 0 Å². The summed E-state index contributed by atoms with van der Waals surface area (Å²) >= 11 is -0.276. The molecule has 0 heterocycles. The predicted molar refractivity (Wildman–Crippen MR) is 107 cm³/mol. The highest BCUT2D eigenvalue weighted by atomic mass is 32.2. The van der Waals surface area contributed by atoms with Gasteiger partial charge in [0.2, 0.25) is 0 Å². The van der Waals surface area contributed by atoms with E-state index in [0.29, 0.717) is 6.61 Å². The summed E-state index contributed by atoms with van der Waals surface area (Å²) in [7, 11) is 1.36. The minimum Gasteiger partial charge on any atom is -0.297 e. The summed E-state index contributed by atoms with van der Waals surface area (Å²) in [4.78, 5) is 16.5. The molecule has 0 saturated carbocycles. The molecule has 0 radical (unpaired) electrons. The van der Waals surface area contributed by atoms with Crippen molar-refractivity contribution in [3.63, 3.8) is 0 Å². The molecule has 0 fully saturated rings. The smallest absolute Gasteiger partial charge is 0.297 e. The molecular formula is C17H34N2O4S2. The Morgan fingerprint density at radius 2 is 1.72 bits per heavy atom. The number of hydrogen-bond acceptors (Lipinski definition) is 6. The molecule has 0 aliphatic heterocycles. The monoisotopic (exact) mass is 394 g/mol. The summed E-state index contributed by atoms with van der Waals surface area (Å²) < 4.78 is 17.7. The van der Waals surface area contributed by atoms with Crippen LogP contribution in [0.5, 0.6) is 0 Å². The Kier molecular flexibility index (Phi) is 14.2. The van der Waals surface area contributed by atoms with Crippen molar-refractivity contribution < 1.29 is 18.0 Å². The fraction of sp³-hybridized carbons (Fsp3) is 0.882. The Bertz CT molecular complexity index is 417. The van der Waals surface area contributed by atoms with Crippen LogP contribution in [0, 0.1) is 0 Å². The molecule has 0 aromatic heterocycles. The van der Waals surface area contributed by atoms with Crippen LogP contribution in [0.4, 0.5) is 4.79 Å². The van der Waals surface area contributed by atoms with Crippen LogP contribution in [0.1, 0.15) is 72.1 Å². The third kappa shape index (κ3) is 13.3. The van der Waals surface area contributed by atoms with E-state index < -0.39 is 17.4 Å². The lowest BCUT2D eigenvalue weighted by molar-refractivity contribution is 0.133. The van der Waals surface area contributed by atoms with Gasteiger partial charge in [-0.25, -0.2) is 13.3 Å². The van der Waals surface area contributed by atoms with Crippen LogP contribution in [-0.2, 0) is 20.3 Å². The molecule has 6 nitrogen and oxygen atoms in total. The van der Waals surface area contributed by atoms with Crippen molar-refractivity contribution in [2.24, 2.45) is 5.16 Å². The standard InChI is InChI=1S/C17H34N2O4S2/c1-6-7-8-9-10-11-12-13-14-22-25(21)19(4)16(20)23-18-15-17(2,3)24-5/h15H,6-14H2,1-5H3/b18-15+. The second-order valence-corrected chi connectivity index (χ2v) is 9.09. The van der Waals surface area contributed by atoms with Crippen LogP contribution in [0.25, 0.3) is 0 Å². The highest BCUT2D eigenvalue weighted by molar-refractivity contribution is 8.00. The topological polar surface area (TPSA) is 68.2 Å². The van der Waals surface area contributed by atoms with Crippen LogP contribution < -0.4 is 0 Å². The average molecular weight is 395 g/mol. The van der Waals surface area contributed by atoms with Gasteiger partial charge >= 0.3 is 6.09 Å². The summed E-state index contributed by atoms with van der Waals surface area (Å²) in [6.07, 6.45) is 12.1. The van der Waals surface area contributed by atoms with Crippen LogP contribution in [0.3, 0.4) is 0 Å². The molecule has 0 bridgehead atoms. The zero-order chi connectivity index (χ0) is 19.1. The molecule has 1 atom stereocenters. The van der Waals surface area contributed by atoms with E-state index >= 15 is 0 Å².